The van der Waals surface area contributed by atoms with Crippen molar-refractivity contribution in [3.8, 4) is 5.75 Å². The van der Waals surface area contributed by atoms with Crippen LogP contribution in [-0.4, -0.2) is 35.7 Å². The first-order valence-corrected chi connectivity index (χ1v) is 9.73. The molecule has 2 heterocycles. The van der Waals surface area contributed by atoms with Crippen molar-refractivity contribution >= 4 is 22.9 Å². The molecule has 6 nitrogen and oxygen atoms in total. The van der Waals surface area contributed by atoms with Crippen molar-refractivity contribution in [2.45, 2.75) is 19.4 Å². The number of fused-ring (bicyclic) bond motifs is 1. The van der Waals surface area contributed by atoms with Gasteiger partial charge in [0.05, 0.1) is 18.1 Å². The summed E-state index contributed by atoms with van der Waals surface area (Å²) in [6, 6.07) is 16.0. The number of methoxy groups -OCH3 is 1. The van der Waals surface area contributed by atoms with E-state index in [9.17, 15) is 4.79 Å². The van der Waals surface area contributed by atoms with Crippen LogP contribution in [0.5, 0.6) is 5.75 Å². The molecule has 146 valence electrons. The lowest BCUT2D eigenvalue weighted by atomic mass is 9.96. The molecule has 6 heteroatoms. The Morgan fingerprint density at radius 1 is 1.14 bits per heavy atom. The molecule has 1 aliphatic heterocycles. The molecule has 1 saturated heterocycles. The number of anilines is 1. The number of hydrogen-bond donors (Lipinski definition) is 1. The van der Waals surface area contributed by atoms with Crippen molar-refractivity contribution in [3.05, 3.63) is 54.1 Å². The number of nitrogens with one attached hydrogen (secondary N) is 1. The van der Waals surface area contributed by atoms with Crippen molar-refractivity contribution < 1.29 is 9.53 Å². The minimum atomic E-state index is 0.0594. The highest BCUT2D eigenvalue weighted by Gasteiger charge is 2.27. The van der Waals surface area contributed by atoms with Crippen LogP contribution in [0, 0.1) is 5.92 Å². The number of carbonyl (C=O) groups excluding carboxylic acids is 1. The van der Waals surface area contributed by atoms with E-state index in [-0.39, 0.29) is 11.8 Å². The Labute approximate surface area is 165 Å². The number of ether oxygens (including phenoxy) is 1. The highest BCUT2D eigenvalue weighted by atomic mass is 16.5. The molecule has 2 aromatic carbocycles. The molecule has 4 rings (SSSR count). The van der Waals surface area contributed by atoms with Crippen molar-refractivity contribution in [1.29, 1.82) is 0 Å². The summed E-state index contributed by atoms with van der Waals surface area (Å²) < 4.78 is 7.30. The van der Waals surface area contributed by atoms with Gasteiger partial charge in [-0.3, -0.25) is 4.79 Å². The summed E-state index contributed by atoms with van der Waals surface area (Å²) in [6.45, 7) is 2.24. The van der Waals surface area contributed by atoms with Gasteiger partial charge in [-0.25, -0.2) is 4.98 Å². The van der Waals surface area contributed by atoms with Crippen LogP contribution in [0.15, 0.2) is 48.5 Å². The molecule has 1 fully saturated rings. The Balaban J connectivity index is 1.32. The second kappa shape index (κ2) is 7.92. The van der Waals surface area contributed by atoms with Gasteiger partial charge >= 0.3 is 0 Å². The van der Waals surface area contributed by atoms with E-state index in [1.165, 1.54) is 0 Å². The third-order valence-corrected chi connectivity index (χ3v) is 5.54. The Kier molecular flexibility index (Phi) is 5.19. The zero-order valence-corrected chi connectivity index (χ0v) is 16.4. The van der Waals surface area contributed by atoms with Gasteiger partial charge < -0.3 is 19.5 Å². The third kappa shape index (κ3) is 3.67. The van der Waals surface area contributed by atoms with E-state index in [1.54, 1.807) is 7.11 Å². The number of hydrogen-bond acceptors (Lipinski definition) is 4. The second-order valence-corrected chi connectivity index (χ2v) is 7.29. The standard InChI is InChI=1S/C22H26N4O2/c1-25-20-6-4-3-5-19(20)24-22(25)26-13-11-17(12-14-26)21(27)23-15-16-7-9-18(28-2)10-8-16/h3-10,17H,11-15H2,1-2H3,(H,23,27). The molecule has 1 aliphatic rings. The lowest BCUT2D eigenvalue weighted by Crippen LogP contribution is -2.41. The fourth-order valence-corrected chi connectivity index (χ4v) is 3.83. The van der Waals surface area contributed by atoms with Gasteiger partial charge in [-0.2, -0.15) is 0 Å². The number of imidazole rings is 1. The molecule has 0 unspecified atom stereocenters. The molecular formula is C22H26N4O2. The number of benzene rings is 2. The molecule has 0 saturated carbocycles. The molecule has 1 amide bonds. The fourth-order valence-electron chi connectivity index (χ4n) is 3.83. The number of para-hydroxylation sites is 2. The maximum Gasteiger partial charge on any atom is 0.223 e. The first-order chi connectivity index (χ1) is 13.7. The Bertz CT molecular complexity index is 956. The monoisotopic (exact) mass is 378 g/mol. The van der Waals surface area contributed by atoms with Crippen LogP contribution in [0.1, 0.15) is 18.4 Å². The average Bonchev–Trinajstić information content (AvgIpc) is 3.09. The van der Waals surface area contributed by atoms with E-state index in [0.29, 0.717) is 6.54 Å². The minimum Gasteiger partial charge on any atom is -0.497 e. The van der Waals surface area contributed by atoms with Crippen molar-refractivity contribution in [2.75, 3.05) is 25.1 Å². The van der Waals surface area contributed by atoms with Crippen molar-refractivity contribution in [3.63, 3.8) is 0 Å². The maximum atomic E-state index is 12.6. The summed E-state index contributed by atoms with van der Waals surface area (Å²) in [7, 11) is 3.70. The Hall–Kier alpha value is -3.02. The number of nitrogens with zero attached hydrogens (tertiary/aromatic N) is 3. The van der Waals surface area contributed by atoms with Crippen LogP contribution >= 0.6 is 0 Å². The van der Waals surface area contributed by atoms with E-state index in [2.05, 4.69) is 27.9 Å². The largest absolute Gasteiger partial charge is 0.497 e. The van der Waals surface area contributed by atoms with Crippen molar-refractivity contribution in [1.82, 2.24) is 14.9 Å². The zero-order valence-electron chi connectivity index (χ0n) is 16.4. The predicted molar refractivity (Wildman–Crippen MR) is 110 cm³/mol. The smallest absolute Gasteiger partial charge is 0.223 e. The Morgan fingerprint density at radius 2 is 1.86 bits per heavy atom. The molecule has 0 radical (unpaired) electrons. The molecule has 1 aromatic heterocycles. The molecule has 0 aliphatic carbocycles. The van der Waals surface area contributed by atoms with E-state index < -0.39 is 0 Å². The fraction of sp³-hybridized carbons (Fsp3) is 0.364. The molecule has 3 aromatic rings. The van der Waals surface area contributed by atoms with Gasteiger partial charge in [-0.05, 0) is 42.7 Å². The number of piperidine rings is 1. The highest BCUT2D eigenvalue weighted by molar-refractivity contribution is 5.80. The summed E-state index contributed by atoms with van der Waals surface area (Å²) in [5.41, 5.74) is 3.22. The van der Waals surface area contributed by atoms with Crippen LogP contribution < -0.4 is 15.0 Å². The molecule has 1 N–H and O–H groups in total. The normalized spacial score (nSPS) is 15.0. The molecule has 0 spiro atoms. The van der Waals surface area contributed by atoms with Gasteiger partial charge in [0.2, 0.25) is 11.9 Å². The summed E-state index contributed by atoms with van der Waals surface area (Å²) >= 11 is 0. The molecule has 28 heavy (non-hydrogen) atoms. The molecule has 0 bridgehead atoms. The number of carbonyl (C=O) groups is 1. The van der Waals surface area contributed by atoms with Crippen LogP contribution in [0.3, 0.4) is 0 Å². The summed E-state index contributed by atoms with van der Waals surface area (Å²) in [5.74, 6) is 2.01. The topological polar surface area (TPSA) is 59.4 Å². The number of aryl methyl sites for hydroxylation is 1. The van der Waals surface area contributed by atoms with Gasteiger partial charge in [0, 0.05) is 32.6 Å². The lowest BCUT2D eigenvalue weighted by Gasteiger charge is -2.32. The molecule has 0 atom stereocenters. The molecular weight excluding hydrogens is 352 g/mol. The summed E-state index contributed by atoms with van der Waals surface area (Å²) in [5, 5.41) is 3.07. The third-order valence-electron chi connectivity index (χ3n) is 5.54. The van der Waals surface area contributed by atoms with Gasteiger partial charge in [-0.1, -0.05) is 24.3 Å². The number of rotatable bonds is 5. The van der Waals surface area contributed by atoms with E-state index in [1.807, 2.05) is 42.5 Å². The predicted octanol–water partition coefficient (Wildman–Crippen LogP) is 3.11. The SMILES string of the molecule is COc1ccc(CNC(=O)C2CCN(c3nc4ccccc4n3C)CC2)cc1. The van der Waals surface area contributed by atoms with E-state index >= 15 is 0 Å². The van der Waals surface area contributed by atoms with Crippen molar-refractivity contribution in [2.24, 2.45) is 13.0 Å². The van der Waals surface area contributed by atoms with Gasteiger partial charge in [0.1, 0.15) is 5.75 Å². The van der Waals surface area contributed by atoms with Crippen LogP contribution in [0.25, 0.3) is 11.0 Å². The van der Waals surface area contributed by atoms with Gasteiger partial charge in [0.15, 0.2) is 0 Å². The number of amides is 1. The van der Waals surface area contributed by atoms with E-state index in [0.717, 1.165) is 54.2 Å². The average molecular weight is 378 g/mol. The first-order valence-electron chi connectivity index (χ1n) is 9.73. The first kappa shape index (κ1) is 18.3. The summed E-state index contributed by atoms with van der Waals surface area (Å²) in [6.07, 6.45) is 1.69. The maximum absolute atomic E-state index is 12.6. The highest BCUT2D eigenvalue weighted by Crippen LogP contribution is 2.26. The number of aromatic nitrogens is 2. The quantitative estimate of drug-likeness (QED) is 0.741. The van der Waals surface area contributed by atoms with Crippen LogP contribution in [0.4, 0.5) is 5.95 Å². The minimum absolute atomic E-state index is 0.0594. The zero-order chi connectivity index (χ0) is 19.5. The van der Waals surface area contributed by atoms with Crippen LogP contribution in [0.2, 0.25) is 0 Å². The lowest BCUT2D eigenvalue weighted by molar-refractivity contribution is -0.125. The van der Waals surface area contributed by atoms with Gasteiger partial charge in [0.25, 0.3) is 0 Å². The summed E-state index contributed by atoms with van der Waals surface area (Å²) in [4.78, 5) is 19.6. The van der Waals surface area contributed by atoms with Gasteiger partial charge in [-0.15, -0.1) is 0 Å². The second-order valence-electron chi connectivity index (χ2n) is 7.29. The van der Waals surface area contributed by atoms with E-state index in [4.69, 9.17) is 9.72 Å². The Morgan fingerprint density at radius 3 is 2.54 bits per heavy atom. The van der Waals surface area contributed by atoms with Crippen LogP contribution in [-0.2, 0) is 18.4 Å².